The van der Waals surface area contributed by atoms with Crippen LogP contribution in [-0.4, -0.2) is 11.1 Å². The van der Waals surface area contributed by atoms with E-state index in [1.807, 2.05) is 38.1 Å². The molecule has 202 valence electrons. The maximum Gasteiger partial charge on any atom is 0.271 e. The molecular formula is C31H22Cl3FN2O2S. The SMILES string of the molecule is Cc1ccc(N=C2S/C(=C/c3ccc(OCc4ccccc4F)c(Cl)c3)C(=O)N2c2ccc(C)c(Cl)c2)cc1Cl. The van der Waals surface area contributed by atoms with Crippen molar-refractivity contribution in [3.63, 3.8) is 0 Å². The Hall–Kier alpha value is -3.29. The van der Waals surface area contributed by atoms with Crippen molar-refractivity contribution in [1.82, 2.24) is 0 Å². The van der Waals surface area contributed by atoms with Gasteiger partial charge in [0.15, 0.2) is 5.17 Å². The molecule has 4 aromatic rings. The Morgan fingerprint density at radius 1 is 0.900 bits per heavy atom. The van der Waals surface area contributed by atoms with E-state index in [1.165, 1.54) is 22.7 Å². The lowest BCUT2D eigenvalue weighted by molar-refractivity contribution is -0.113. The van der Waals surface area contributed by atoms with E-state index in [0.29, 0.717) is 53.4 Å². The van der Waals surface area contributed by atoms with Crippen LogP contribution in [0.15, 0.2) is 88.8 Å². The number of thioether (sulfide) groups is 1. The minimum absolute atomic E-state index is 0.0398. The van der Waals surface area contributed by atoms with Crippen molar-refractivity contribution in [2.45, 2.75) is 20.5 Å². The molecule has 4 aromatic carbocycles. The van der Waals surface area contributed by atoms with E-state index in [9.17, 15) is 9.18 Å². The van der Waals surface area contributed by atoms with Crippen molar-refractivity contribution in [3.8, 4) is 5.75 Å². The molecule has 0 saturated carbocycles. The van der Waals surface area contributed by atoms with Crippen LogP contribution in [0.1, 0.15) is 22.3 Å². The van der Waals surface area contributed by atoms with Gasteiger partial charge >= 0.3 is 0 Å². The van der Waals surface area contributed by atoms with Crippen LogP contribution in [0.3, 0.4) is 0 Å². The van der Waals surface area contributed by atoms with Gasteiger partial charge in [-0.15, -0.1) is 0 Å². The third-order valence-corrected chi connectivity index (χ3v) is 8.27. The van der Waals surface area contributed by atoms with Crippen LogP contribution in [0.25, 0.3) is 6.08 Å². The zero-order valence-electron chi connectivity index (χ0n) is 21.4. The van der Waals surface area contributed by atoms with Crippen LogP contribution >= 0.6 is 46.6 Å². The quantitative estimate of drug-likeness (QED) is 0.204. The van der Waals surface area contributed by atoms with Gasteiger partial charge in [-0.05, 0) is 90.8 Å². The van der Waals surface area contributed by atoms with E-state index in [2.05, 4.69) is 0 Å². The fourth-order valence-corrected chi connectivity index (χ4v) is 5.50. The van der Waals surface area contributed by atoms with Crippen molar-refractivity contribution < 1.29 is 13.9 Å². The molecule has 0 unspecified atom stereocenters. The van der Waals surface area contributed by atoms with E-state index in [0.717, 1.165) is 11.1 Å². The molecule has 1 amide bonds. The molecule has 1 aliphatic rings. The lowest BCUT2D eigenvalue weighted by Gasteiger charge is -2.16. The molecule has 1 saturated heterocycles. The predicted molar refractivity (Wildman–Crippen MR) is 165 cm³/mol. The highest BCUT2D eigenvalue weighted by Crippen LogP contribution is 2.39. The molecule has 1 aliphatic heterocycles. The van der Waals surface area contributed by atoms with Gasteiger partial charge in [-0.2, -0.15) is 0 Å². The largest absolute Gasteiger partial charge is 0.487 e. The van der Waals surface area contributed by atoms with Crippen molar-refractivity contribution in [2.75, 3.05) is 4.90 Å². The number of amidine groups is 1. The Kier molecular flexibility index (Phi) is 8.52. The highest BCUT2D eigenvalue weighted by molar-refractivity contribution is 8.19. The number of benzene rings is 4. The zero-order chi connectivity index (χ0) is 28.4. The predicted octanol–water partition coefficient (Wildman–Crippen LogP) is 9.79. The minimum atomic E-state index is -0.346. The first-order valence-electron chi connectivity index (χ1n) is 12.2. The molecule has 0 N–H and O–H groups in total. The van der Waals surface area contributed by atoms with E-state index >= 15 is 0 Å². The number of aliphatic imine (C=N–C) groups is 1. The molecule has 0 aromatic heterocycles. The summed E-state index contributed by atoms with van der Waals surface area (Å²) >= 11 is 20.4. The fourth-order valence-electron chi connectivity index (χ4n) is 3.91. The summed E-state index contributed by atoms with van der Waals surface area (Å²) in [4.78, 5) is 20.4. The first-order valence-corrected chi connectivity index (χ1v) is 14.2. The van der Waals surface area contributed by atoms with Crippen molar-refractivity contribution in [2.24, 2.45) is 4.99 Å². The molecule has 0 atom stereocenters. The van der Waals surface area contributed by atoms with Gasteiger partial charge < -0.3 is 4.74 Å². The van der Waals surface area contributed by atoms with Crippen molar-refractivity contribution in [3.05, 3.63) is 127 Å². The topological polar surface area (TPSA) is 41.9 Å². The average molecular weight is 612 g/mol. The number of hydrogen-bond acceptors (Lipinski definition) is 4. The highest BCUT2D eigenvalue weighted by Gasteiger charge is 2.35. The lowest BCUT2D eigenvalue weighted by atomic mass is 10.2. The normalized spacial score (nSPS) is 15.3. The summed E-state index contributed by atoms with van der Waals surface area (Å²) in [5, 5.41) is 1.94. The highest BCUT2D eigenvalue weighted by atomic mass is 35.5. The van der Waals surface area contributed by atoms with Gasteiger partial charge in [-0.3, -0.25) is 9.69 Å². The third kappa shape index (κ3) is 6.21. The van der Waals surface area contributed by atoms with E-state index in [1.54, 1.807) is 54.6 Å². The molecule has 0 spiro atoms. The number of anilines is 1. The van der Waals surface area contributed by atoms with Crippen LogP contribution in [0.2, 0.25) is 15.1 Å². The molecule has 40 heavy (non-hydrogen) atoms. The van der Waals surface area contributed by atoms with Crippen LogP contribution in [0.4, 0.5) is 15.8 Å². The van der Waals surface area contributed by atoms with Gasteiger partial charge in [-0.25, -0.2) is 9.38 Å². The molecular weight excluding hydrogens is 590 g/mol. The zero-order valence-corrected chi connectivity index (χ0v) is 24.5. The summed E-state index contributed by atoms with van der Waals surface area (Å²) in [6.07, 6.45) is 1.74. The molecule has 0 bridgehead atoms. The molecule has 1 fully saturated rings. The smallest absolute Gasteiger partial charge is 0.271 e. The van der Waals surface area contributed by atoms with Gasteiger partial charge in [0, 0.05) is 15.6 Å². The number of hydrogen-bond donors (Lipinski definition) is 0. The number of carbonyl (C=O) groups excluding carboxylic acids is 1. The second-order valence-corrected chi connectivity index (χ2v) is 11.3. The number of aryl methyl sites for hydroxylation is 2. The Balaban J connectivity index is 1.45. The summed E-state index contributed by atoms with van der Waals surface area (Å²) in [5.41, 5.74) is 4.17. The van der Waals surface area contributed by atoms with Crippen LogP contribution in [-0.2, 0) is 11.4 Å². The van der Waals surface area contributed by atoms with Crippen LogP contribution in [0, 0.1) is 19.7 Å². The van der Waals surface area contributed by atoms with Gasteiger partial charge in [0.1, 0.15) is 18.2 Å². The lowest BCUT2D eigenvalue weighted by Crippen LogP contribution is -2.28. The summed E-state index contributed by atoms with van der Waals surface area (Å²) in [5.74, 6) is -0.189. The van der Waals surface area contributed by atoms with Crippen molar-refractivity contribution >= 4 is 75.1 Å². The third-order valence-electron chi connectivity index (χ3n) is 6.19. The number of carbonyl (C=O) groups is 1. The Morgan fingerprint density at radius 2 is 1.62 bits per heavy atom. The van der Waals surface area contributed by atoms with Gasteiger partial charge in [0.05, 0.1) is 21.3 Å². The Morgan fingerprint density at radius 3 is 2.33 bits per heavy atom. The molecule has 9 heteroatoms. The van der Waals surface area contributed by atoms with E-state index in [4.69, 9.17) is 44.5 Å². The monoisotopic (exact) mass is 610 g/mol. The number of rotatable bonds is 6. The number of amides is 1. The second kappa shape index (κ2) is 12.1. The first-order chi connectivity index (χ1) is 19.2. The summed E-state index contributed by atoms with van der Waals surface area (Å²) in [6, 6.07) is 22.5. The summed E-state index contributed by atoms with van der Waals surface area (Å²) in [7, 11) is 0. The first kappa shape index (κ1) is 28.2. The van der Waals surface area contributed by atoms with Gasteiger partial charge in [-0.1, -0.05) is 71.2 Å². The molecule has 1 heterocycles. The number of halogens is 4. The van der Waals surface area contributed by atoms with Crippen LogP contribution in [0.5, 0.6) is 5.75 Å². The second-order valence-electron chi connectivity index (χ2n) is 9.08. The van der Waals surface area contributed by atoms with Gasteiger partial charge in [0.2, 0.25) is 0 Å². The maximum atomic E-state index is 13.9. The van der Waals surface area contributed by atoms with E-state index < -0.39 is 0 Å². The summed E-state index contributed by atoms with van der Waals surface area (Å²) in [6.45, 7) is 3.85. The molecule has 4 nitrogen and oxygen atoms in total. The fraction of sp³-hybridized carbons (Fsp3) is 0.0968. The number of nitrogens with zero attached hydrogens (tertiary/aromatic N) is 2. The maximum absolute atomic E-state index is 13.9. The summed E-state index contributed by atoms with van der Waals surface area (Å²) < 4.78 is 19.7. The van der Waals surface area contributed by atoms with Gasteiger partial charge in [0.25, 0.3) is 5.91 Å². The molecule has 0 aliphatic carbocycles. The Labute approximate surface area is 251 Å². The average Bonchev–Trinajstić information content (AvgIpc) is 3.22. The van der Waals surface area contributed by atoms with Crippen molar-refractivity contribution in [1.29, 1.82) is 0 Å². The van der Waals surface area contributed by atoms with E-state index in [-0.39, 0.29) is 18.3 Å². The Bertz CT molecular complexity index is 1690. The molecule has 0 radical (unpaired) electrons. The standard InChI is InChI=1S/C31H22Cl3FN2O2S/c1-18-7-10-22(15-24(18)32)36-31-37(23-11-8-19(2)25(33)16-23)30(38)29(40-31)14-20-9-12-28(26(34)13-20)39-17-21-5-3-4-6-27(21)35/h3-16H,17H2,1-2H3/b29-14+,36-31?. The number of ether oxygens (including phenoxy) is 1. The molecule has 5 rings (SSSR count). The van der Waals surface area contributed by atoms with Crippen LogP contribution < -0.4 is 9.64 Å². The minimum Gasteiger partial charge on any atom is -0.487 e.